The Hall–Kier alpha value is -3.15. The molecule has 0 saturated carbocycles. The fourth-order valence-electron chi connectivity index (χ4n) is 3.95. The standard InChI is InChI=1S/C26H34N4O2/c1-3-13-25(31)27-19-12-6-9-18-24-28-22-16-10-11-17-23(22)30(24)20-26(32)29(4-2)21-14-7-5-8-15-21/h5,7-8,10-11,14-17H,3-4,6,9,12-13,18-20H2,1-2H3,(H,27,31). The van der Waals surface area contributed by atoms with Crippen LogP contribution in [0.5, 0.6) is 0 Å². The number of nitrogens with zero attached hydrogens (tertiary/aromatic N) is 3. The number of hydrogen-bond donors (Lipinski definition) is 1. The Balaban J connectivity index is 1.65. The number of fused-ring (bicyclic) bond motifs is 1. The minimum atomic E-state index is 0.0572. The molecule has 0 saturated heterocycles. The van der Waals surface area contributed by atoms with Crippen molar-refractivity contribution in [2.45, 2.75) is 58.9 Å². The third-order valence-corrected chi connectivity index (χ3v) is 5.59. The first kappa shape index (κ1) is 23.5. The molecule has 0 aliphatic heterocycles. The third-order valence-electron chi connectivity index (χ3n) is 5.59. The molecule has 3 rings (SSSR count). The van der Waals surface area contributed by atoms with Gasteiger partial charge in [0, 0.05) is 31.6 Å². The summed E-state index contributed by atoms with van der Waals surface area (Å²) >= 11 is 0. The van der Waals surface area contributed by atoms with E-state index >= 15 is 0 Å². The Morgan fingerprint density at radius 2 is 1.72 bits per heavy atom. The highest BCUT2D eigenvalue weighted by Crippen LogP contribution is 2.20. The summed E-state index contributed by atoms with van der Waals surface area (Å²) in [6, 6.07) is 17.8. The van der Waals surface area contributed by atoms with E-state index in [1.54, 1.807) is 0 Å². The van der Waals surface area contributed by atoms with Crippen LogP contribution in [0.15, 0.2) is 54.6 Å². The van der Waals surface area contributed by atoms with E-state index in [1.807, 2.05) is 73.3 Å². The maximum atomic E-state index is 13.2. The number of aromatic nitrogens is 2. The summed E-state index contributed by atoms with van der Waals surface area (Å²) in [4.78, 5) is 31.4. The fraction of sp³-hybridized carbons (Fsp3) is 0.423. The highest BCUT2D eigenvalue weighted by molar-refractivity contribution is 5.94. The number of likely N-dealkylation sites (N-methyl/N-ethyl adjacent to an activating group) is 1. The van der Waals surface area contributed by atoms with Crippen LogP contribution in [0.25, 0.3) is 11.0 Å². The number of anilines is 1. The molecule has 2 amide bonds. The van der Waals surface area contributed by atoms with Gasteiger partial charge in [-0.2, -0.15) is 0 Å². The van der Waals surface area contributed by atoms with E-state index in [9.17, 15) is 9.59 Å². The lowest BCUT2D eigenvalue weighted by atomic mass is 10.2. The van der Waals surface area contributed by atoms with Crippen LogP contribution in [0.2, 0.25) is 0 Å². The van der Waals surface area contributed by atoms with Crippen molar-refractivity contribution in [3.8, 4) is 0 Å². The minimum absolute atomic E-state index is 0.0572. The van der Waals surface area contributed by atoms with Gasteiger partial charge in [0.2, 0.25) is 11.8 Å². The van der Waals surface area contributed by atoms with Crippen LogP contribution in [-0.4, -0.2) is 34.5 Å². The maximum Gasteiger partial charge on any atom is 0.246 e. The number of imidazole rings is 1. The lowest BCUT2D eigenvalue weighted by Crippen LogP contribution is -2.34. The molecule has 1 aromatic heterocycles. The number of carbonyl (C=O) groups is 2. The molecular weight excluding hydrogens is 400 g/mol. The molecule has 0 atom stereocenters. The first-order valence-corrected chi connectivity index (χ1v) is 11.7. The van der Waals surface area contributed by atoms with Gasteiger partial charge in [-0.15, -0.1) is 0 Å². The maximum absolute atomic E-state index is 13.2. The van der Waals surface area contributed by atoms with Gasteiger partial charge >= 0.3 is 0 Å². The number of aryl methyl sites for hydroxylation is 1. The Morgan fingerprint density at radius 1 is 0.969 bits per heavy atom. The molecule has 3 aromatic rings. The summed E-state index contributed by atoms with van der Waals surface area (Å²) in [6.45, 7) is 5.61. The molecule has 32 heavy (non-hydrogen) atoms. The number of hydrogen-bond acceptors (Lipinski definition) is 3. The molecule has 6 nitrogen and oxygen atoms in total. The number of unbranched alkanes of at least 4 members (excludes halogenated alkanes) is 2. The van der Waals surface area contributed by atoms with E-state index < -0.39 is 0 Å². The predicted molar refractivity (Wildman–Crippen MR) is 130 cm³/mol. The molecule has 0 aliphatic rings. The molecule has 2 aromatic carbocycles. The van der Waals surface area contributed by atoms with Crippen molar-refractivity contribution in [2.24, 2.45) is 0 Å². The fourth-order valence-corrected chi connectivity index (χ4v) is 3.95. The molecule has 0 radical (unpaired) electrons. The zero-order chi connectivity index (χ0) is 22.8. The summed E-state index contributed by atoms with van der Waals surface area (Å²) in [6.07, 6.45) is 5.21. The van der Waals surface area contributed by atoms with Crippen LogP contribution in [-0.2, 0) is 22.6 Å². The average molecular weight is 435 g/mol. The van der Waals surface area contributed by atoms with E-state index in [0.717, 1.165) is 61.2 Å². The largest absolute Gasteiger partial charge is 0.356 e. The van der Waals surface area contributed by atoms with Crippen LogP contribution >= 0.6 is 0 Å². The molecule has 0 fully saturated rings. The van der Waals surface area contributed by atoms with Crippen LogP contribution in [0.4, 0.5) is 5.69 Å². The van der Waals surface area contributed by atoms with Crippen molar-refractivity contribution in [3.63, 3.8) is 0 Å². The zero-order valence-corrected chi connectivity index (χ0v) is 19.2. The van der Waals surface area contributed by atoms with Crippen molar-refractivity contribution < 1.29 is 9.59 Å². The Labute approximate surface area is 190 Å². The van der Waals surface area contributed by atoms with Gasteiger partial charge in [0.15, 0.2) is 0 Å². The second kappa shape index (κ2) is 12.0. The first-order valence-electron chi connectivity index (χ1n) is 11.7. The van der Waals surface area contributed by atoms with Crippen molar-refractivity contribution in [2.75, 3.05) is 18.0 Å². The Morgan fingerprint density at radius 3 is 2.47 bits per heavy atom. The lowest BCUT2D eigenvalue weighted by molar-refractivity contribution is -0.121. The van der Waals surface area contributed by atoms with Crippen molar-refractivity contribution in [1.82, 2.24) is 14.9 Å². The molecule has 1 N–H and O–H groups in total. The van der Waals surface area contributed by atoms with Crippen LogP contribution in [0.1, 0.15) is 51.8 Å². The van der Waals surface area contributed by atoms with Gasteiger partial charge in [0.1, 0.15) is 12.4 Å². The Kier molecular flexibility index (Phi) is 8.84. The van der Waals surface area contributed by atoms with E-state index in [4.69, 9.17) is 4.98 Å². The van der Waals surface area contributed by atoms with Gasteiger partial charge < -0.3 is 14.8 Å². The smallest absolute Gasteiger partial charge is 0.246 e. The molecule has 0 bridgehead atoms. The number of benzene rings is 2. The van der Waals surface area contributed by atoms with Gasteiger partial charge in [-0.05, 0) is 50.5 Å². The summed E-state index contributed by atoms with van der Waals surface area (Å²) in [5.41, 5.74) is 2.83. The molecule has 6 heteroatoms. The molecule has 0 aliphatic carbocycles. The van der Waals surface area contributed by atoms with Gasteiger partial charge in [-0.25, -0.2) is 4.98 Å². The topological polar surface area (TPSA) is 67.2 Å². The van der Waals surface area contributed by atoms with E-state index in [0.29, 0.717) is 13.0 Å². The first-order chi connectivity index (χ1) is 15.6. The average Bonchev–Trinajstić information content (AvgIpc) is 3.15. The number of amides is 2. The van der Waals surface area contributed by atoms with Crippen LogP contribution in [0, 0.1) is 0 Å². The zero-order valence-electron chi connectivity index (χ0n) is 19.2. The molecule has 0 spiro atoms. The van der Waals surface area contributed by atoms with Crippen molar-refractivity contribution in [3.05, 3.63) is 60.4 Å². The summed E-state index contributed by atoms with van der Waals surface area (Å²) in [5, 5.41) is 2.97. The number of nitrogens with one attached hydrogen (secondary N) is 1. The van der Waals surface area contributed by atoms with Gasteiger partial charge in [-0.1, -0.05) is 43.7 Å². The second-order valence-corrected chi connectivity index (χ2v) is 7.99. The van der Waals surface area contributed by atoms with E-state index in [1.165, 1.54) is 0 Å². The Bertz CT molecular complexity index is 1010. The number of para-hydroxylation sites is 3. The van der Waals surface area contributed by atoms with E-state index in [2.05, 4.69) is 9.88 Å². The number of rotatable bonds is 12. The normalized spacial score (nSPS) is 10.9. The molecular formula is C26H34N4O2. The minimum Gasteiger partial charge on any atom is -0.356 e. The summed E-state index contributed by atoms with van der Waals surface area (Å²) in [7, 11) is 0. The third kappa shape index (κ3) is 6.19. The quantitative estimate of drug-likeness (QED) is 0.420. The lowest BCUT2D eigenvalue weighted by Gasteiger charge is -2.22. The van der Waals surface area contributed by atoms with Crippen LogP contribution in [0.3, 0.4) is 0 Å². The van der Waals surface area contributed by atoms with Crippen molar-refractivity contribution >= 4 is 28.5 Å². The number of carbonyl (C=O) groups excluding carboxylic acids is 2. The van der Waals surface area contributed by atoms with Crippen molar-refractivity contribution in [1.29, 1.82) is 0 Å². The van der Waals surface area contributed by atoms with E-state index in [-0.39, 0.29) is 18.4 Å². The van der Waals surface area contributed by atoms with Gasteiger partial charge in [0.25, 0.3) is 0 Å². The molecule has 0 unspecified atom stereocenters. The van der Waals surface area contributed by atoms with Gasteiger partial charge in [0.05, 0.1) is 11.0 Å². The van der Waals surface area contributed by atoms with Gasteiger partial charge in [-0.3, -0.25) is 9.59 Å². The SMILES string of the molecule is CCCC(=O)NCCCCCc1nc2ccccc2n1CC(=O)N(CC)c1ccccc1. The molecule has 1 heterocycles. The highest BCUT2D eigenvalue weighted by atomic mass is 16.2. The summed E-state index contributed by atoms with van der Waals surface area (Å²) < 4.78 is 2.06. The monoisotopic (exact) mass is 434 g/mol. The second-order valence-electron chi connectivity index (χ2n) is 7.99. The molecule has 170 valence electrons. The van der Waals surface area contributed by atoms with Crippen LogP contribution < -0.4 is 10.2 Å². The predicted octanol–water partition coefficient (Wildman–Crippen LogP) is 4.72. The highest BCUT2D eigenvalue weighted by Gasteiger charge is 2.18. The summed E-state index contributed by atoms with van der Waals surface area (Å²) in [5.74, 6) is 1.13.